The van der Waals surface area contributed by atoms with E-state index in [0.29, 0.717) is 49.6 Å². The molecule has 0 bridgehead atoms. The number of fused-ring (bicyclic) bond motifs is 4. The summed E-state index contributed by atoms with van der Waals surface area (Å²) in [5.41, 5.74) is 11.2. The highest BCUT2D eigenvalue weighted by Gasteiger charge is 2.42. The van der Waals surface area contributed by atoms with Crippen molar-refractivity contribution in [2.24, 2.45) is 0 Å². The summed E-state index contributed by atoms with van der Waals surface area (Å²) in [6, 6.07) is 28.3. The number of nitrogens with two attached hydrogens (primary N) is 1. The molecule has 6 aromatic rings. The smallest absolute Gasteiger partial charge is 0.397 e. The third-order valence-electron chi connectivity index (χ3n) is 8.56. The van der Waals surface area contributed by atoms with Gasteiger partial charge in [-0.2, -0.15) is 13.2 Å². The van der Waals surface area contributed by atoms with Crippen LogP contribution in [0.5, 0.6) is 0 Å². The Morgan fingerprint density at radius 1 is 0.857 bits per heavy atom. The molecule has 1 atom stereocenters. The molecule has 1 amide bonds. The number of alkyl halides is 3. The van der Waals surface area contributed by atoms with Crippen LogP contribution in [0.15, 0.2) is 103 Å². The van der Waals surface area contributed by atoms with Gasteiger partial charge in [0, 0.05) is 41.4 Å². The lowest BCUT2D eigenvalue weighted by Gasteiger charge is -2.28. The molecule has 7 nitrogen and oxygen atoms in total. The van der Waals surface area contributed by atoms with Gasteiger partial charge in [0.05, 0.1) is 27.5 Å². The van der Waals surface area contributed by atoms with E-state index in [1.807, 2.05) is 36.4 Å². The van der Waals surface area contributed by atoms with Crippen molar-refractivity contribution in [1.82, 2.24) is 14.9 Å². The third kappa shape index (κ3) is 5.86. The molecule has 49 heavy (non-hydrogen) atoms. The average molecular weight is 677 g/mol. The van der Waals surface area contributed by atoms with Crippen LogP contribution in [0.4, 0.5) is 18.9 Å². The molecular formula is C38H27F3N4O3S. The normalized spacial score (nSPS) is 13.6. The summed E-state index contributed by atoms with van der Waals surface area (Å²) in [6.07, 6.45) is -3.00. The van der Waals surface area contributed by atoms with Crippen LogP contribution in [0.2, 0.25) is 0 Å². The number of carbonyl (C=O) groups excluding carboxylic acids is 3. The molecule has 0 fully saturated rings. The molecule has 0 aliphatic heterocycles. The Morgan fingerprint density at radius 3 is 2.35 bits per heavy atom. The Bertz CT molecular complexity index is 2230. The van der Waals surface area contributed by atoms with E-state index in [2.05, 4.69) is 4.98 Å². The van der Waals surface area contributed by atoms with Gasteiger partial charge in [0.15, 0.2) is 5.78 Å². The van der Waals surface area contributed by atoms with Gasteiger partial charge in [-0.15, -0.1) is 11.3 Å². The maximum absolute atomic E-state index is 14.8. The van der Waals surface area contributed by atoms with Gasteiger partial charge < -0.3 is 15.4 Å². The fourth-order valence-corrected chi connectivity index (χ4v) is 7.51. The van der Waals surface area contributed by atoms with Gasteiger partial charge >= 0.3 is 6.18 Å². The first kappa shape index (κ1) is 31.9. The minimum absolute atomic E-state index is 0.179. The zero-order valence-electron chi connectivity index (χ0n) is 25.8. The largest absolute Gasteiger partial charge is 0.406 e. The highest BCUT2D eigenvalue weighted by atomic mass is 32.1. The molecule has 7 rings (SSSR count). The molecule has 4 aromatic carbocycles. The number of aldehydes is 1. The number of benzene rings is 4. The molecule has 1 aliphatic rings. The quantitative estimate of drug-likeness (QED) is 0.123. The lowest BCUT2D eigenvalue weighted by molar-refractivity contribution is -0.161. The van der Waals surface area contributed by atoms with E-state index in [9.17, 15) is 27.6 Å². The summed E-state index contributed by atoms with van der Waals surface area (Å²) in [4.78, 5) is 50.4. The van der Waals surface area contributed by atoms with Gasteiger partial charge in [0.25, 0.3) is 0 Å². The number of hydrogen-bond acceptors (Lipinski definition) is 7. The SMILES string of the molecule is Nc1cccnc1-c1c(C(=O)c2ccccc2-c2nc3ccccc3s2)ccc2c1C(C(=O)N(CCC=O)CC(F)(F)F)c1ccccc1-2. The van der Waals surface area contributed by atoms with Crippen molar-refractivity contribution in [1.29, 1.82) is 0 Å². The van der Waals surface area contributed by atoms with Crippen LogP contribution >= 0.6 is 11.3 Å². The van der Waals surface area contributed by atoms with Crippen molar-refractivity contribution in [2.45, 2.75) is 18.5 Å². The number of pyridine rings is 1. The van der Waals surface area contributed by atoms with Gasteiger partial charge in [-0.05, 0) is 52.6 Å². The number of rotatable bonds is 9. The monoisotopic (exact) mass is 676 g/mol. The number of amides is 1. The fraction of sp³-hybridized carbons (Fsp3) is 0.132. The first-order valence-corrected chi connectivity index (χ1v) is 16.2. The van der Waals surface area contributed by atoms with Crippen LogP contribution in [0.1, 0.15) is 39.4 Å². The number of thiazole rings is 1. The zero-order valence-corrected chi connectivity index (χ0v) is 26.6. The predicted octanol–water partition coefficient (Wildman–Crippen LogP) is 7.93. The predicted molar refractivity (Wildman–Crippen MR) is 183 cm³/mol. The standard InChI is InChI=1S/C38H27F3N4O3S/c39-38(40,41)21-45(19-8-20-46)37(48)33-23-10-2-1-9-22(23)24-16-17-27(32(31(24)33)34-28(42)13-7-18-43-34)35(47)25-11-3-4-12-26(25)36-44-29-14-5-6-15-30(29)49-36/h1-7,9-18,20,33H,8,19,21,42H2. The van der Waals surface area contributed by atoms with Crippen LogP contribution in [0, 0.1) is 0 Å². The van der Waals surface area contributed by atoms with E-state index in [1.54, 1.807) is 60.7 Å². The number of ketones is 1. The Morgan fingerprint density at radius 2 is 1.59 bits per heavy atom. The van der Waals surface area contributed by atoms with Gasteiger partial charge in [-0.1, -0.05) is 66.7 Å². The Labute approximate surface area is 282 Å². The number of carbonyl (C=O) groups is 3. The van der Waals surface area contributed by atoms with Crippen LogP contribution in [0.25, 0.3) is 43.2 Å². The number of nitrogen functional groups attached to an aromatic ring is 1. The van der Waals surface area contributed by atoms with Crippen LogP contribution < -0.4 is 5.73 Å². The number of hydrogen-bond donors (Lipinski definition) is 1. The summed E-state index contributed by atoms with van der Waals surface area (Å²) in [5.74, 6) is -2.47. The second kappa shape index (κ2) is 12.7. The summed E-state index contributed by atoms with van der Waals surface area (Å²) in [6.45, 7) is -1.96. The minimum atomic E-state index is -4.71. The number of para-hydroxylation sites is 1. The Balaban J connectivity index is 1.46. The van der Waals surface area contributed by atoms with Gasteiger partial charge in [-0.25, -0.2) is 4.98 Å². The molecular weight excluding hydrogens is 650 g/mol. The maximum atomic E-state index is 14.8. The highest BCUT2D eigenvalue weighted by molar-refractivity contribution is 7.21. The van der Waals surface area contributed by atoms with Crippen LogP contribution in [-0.2, 0) is 9.59 Å². The number of anilines is 1. The molecule has 0 radical (unpaired) electrons. The second-order valence-electron chi connectivity index (χ2n) is 11.6. The topological polar surface area (TPSA) is 106 Å². The van der Waals surface area contributed by atoms with E-state index in [0.717, 1.165) is 10.2 Å². The number of aromatic nitrogens is 2. The second-order valence-corrected chi connectivity index (χ2v) is 12.6. The maximum Gasteiger partial charge on any atom is 0.406 e. The lowest BCUT2D eigenvalue weighted by Crippen LogP contribution is -2.42. The molecule has 1 unspecified atom stereocenters. The van der Waals surface area contributed by atoms with Crippen LogP contribution in [0.3, 0.4) is 0 Å². The van der Waals surface area contributed by atoms with Gasteiger partial charge in [0.2, 0.25) is 5.91 Å². The van der Waals surface area contributed by atoms with E-state index < -0.39 is 36.9 Å². The van der Waals surface area contributed by atoms with Crippen molar-refractivity contribution < 1.29 is 27.6 Å². The lowest BCUT2D eigenvalue weighted by atomic mass is 9.84. The molecule has 2 N–H and O–H groups in total. The van der Waals surface area contributed by atoms with Crippen molar-refractivity contribution in [2.75, 3.05) is 18.8 Å². The van der Waals surface area contributed by atoms with E-state index in [4.69, 9.17) is 10.7 Å². The van der Waals surface area contributed by atoms with Crippen molar-refractivity contribution >= 4 is 45.2 Å². The molecule has 0 spiro atoms. The summed E-state index contributed by atoms with van der Waals surface area (Å²) < 4.78 is 42.4. The van der Waals surface area contributed by atoms with E-state index >= 15 is 0 Å². The van der Waals surface area contributed by atoms with Crippen molar-refractivity contribution in [3.8, 4) is 33.0 Å². The van der Waals surface area contributed by atoms with Gasteiger partial charge in [-0.3, -0.25) is 14.6 Å². The zero-order chi connectivity index (χ0) is 34.3. The summed E-state index contributed by atoms with van der Waals surface area (Å²) in [5, 5.41) is 0.642. The van der Waals surface area contributed by atoms with Gasteiger partial charge in [0.1, 0.15) is 17.8 Å². The van der Waals surface area contributed by atoms with E-state index in [1.165, 1.54) is 17.5 Å². The molecule has 0 saturated carbocycles. The van der Waals surface area contributed by atoms with Crippen LogP contribution in [-0.4, -0.2) is 52.1 Å². The minimum Gasteiger partial charge on any atom is -0.397 e. The fourth-order valence-electron chi connectivity index (χ4n) is 6.51. The molecule has 0 saturated heterocycles. The molecule has 244 valence electrons. The molecule has 2 aromatic heterocycles. The van der Waals surface area contributed by atoms with Crippen molar-refractivity contribution in [3.05, 3.63) is 126 Å². The summed E-state index contributed by atoms with van der Waals surface area (Å²) in [7, 11) is 0. The summed E-state index contributed by atoms with van der Waals surface area (Å²) >= 11 is 1.45. The number of nitrogens with zero attached hydrogens (tertiary/aromatic N) is 3. The first-order valence-electron chi connectivity index (χ1n) is 15.4. The van der Waals surface area contributed by atoms with E-state index in [-0.39, 0.29) is 28.9 Å². The molecule has 11 heteroatoms. The first-order chi connectivity index (χ1) is 23.7. The average Bonchev–Trinajstić information content (AvgIpc) is 3.68. The number of halogens is 3. The Kier molecular flexibility index (Phi) is 8.29. The highest BCUT2D eigenvalue weighted by Crippen LogP contribution is 2.51. The Hall–Kier alpha value is -5.68. The van der Waals surface area contributed by atoms with Crippen molar-refractivity contribution in [3.63, 3.8) is 0 Å². The third-order valence-corrected chi connectivity index (χ3v) is 9.63. The molecule has 1 aliphatic carbocycles. The molecule has 2 heterocycles.